The van der Waals surface area contributed by atoms with Gasteiger partial charge in [-0.05, 0) is 19.8 Å². The molecular formula is C7H13S2. The van der Waals surface area contributed by atoms with Crippen molar-refractivity contribution in [1.82, 2.24) is 0 Å². The lowest BCUT2D eigenvalue weighted by Crippen LogP contribution is -2.14. The van der Waals surface area contributed by atoms with E-state index in [2.05, 4.69) is 13.8 Å². The van der Waals surface area contributed by atoms with E-state index in [1.807, 2.05) is 21.6 Å². The van der Waals surface area contributed by atoms with Gasteiger partial charge in [-0.25, -0.2) is 0 Å². The molecule has 1 aliphatic rings. The largest absolute Gasteiger partial charge is 0.0935 e. The molecule has 1 radical (unpaired) electrons. The zero-order valence-corrected chi connectivity index (χ0v) is 7.49. The standard InChI is InChI=1S/C7H13S2/c1-3-4-7(2)5-6-8-9-7/h1,3-6H2,2H3. The summed E-state index contributed by atoms with van der Waals surface area (Å²) < 4.78 is 0.562. The maximum atomic E-state index is 3.87. The molecule has 0 saturated carbocycles. The highest BCUT2D eigenvalue weighted by molar-refractivity contribution is 8.77. The molecule has 1 fully saturated rings. The average Bonchev–Trinajstić information content (AvgIpc) is 2.16. The van der Waals surface area contributed by atoms with Crippen molar-refractivity contribution in [3.05, 3.63) is 6.92 Å². The van der Waals surface area contributed by atoms with Crippen LogP contribution in [0, 0.1) is 6.92 Å². The zero-order chi connectivity index (χ0) is 6.74. The Kier molecular flexibility index (Phi) is 2.77. The van der Waals surface area contributed by atoms with Gasteiger partial charge in [-0.3, -0.25) is 0 Å². The van der Waals surface area contributed by atoms with Crippen LogP contribution in [0.4, 0.5) is 0 Å². The first kappa shape index (κ1) is 7.80. The highest BCUT2D eigenvalue weighted by atomic mass is 33.1. The molecule has 0 bridgehead atoms. The maximum Gasteiger partial charge on any atom is 0.0243 e. The quantitative estimate of drug-likeness (QED) is 0.571. The summed E-state index contributed by atoms with van der Waals surface area (Å²) in [6.07, 6.45) is 3.74. The predicted octanol–water partition coefficient (Wildman–Crippen LogP) is 3.14. The van der Waals surface area contributed by atoms with E-state index in [4.69, 9.17) is 0 Å². The molecule has 1 saturated heterocycles. The van der Waals surface area contributed by atoms with Gasteiger partial charge in [0.1, 0.15) is 0 Å². The van der Waals surface area contributed by atoms with Gasteiger partial charge in [0.15, 0.2) is 0 Å². The lowest BCUT2D eigenvalue weighted by molar-refractivity contribution is 0.587. The van der Waals surface area contributed by atoms with Crippen LogP contribution in [0.3, 0.4) is 0 Å². The van der Waals surface area contributed by atoms with Gasteiger partial charge in [0.2, 0.25) is 0 Å². The number of rotatable bonds is 2. The fraction of sp³-hybridized carbons (Fsp3) is 0.857. The minimum Gasteiger partial charge on any atom is -0.0935 e. The van der Waals surface area contributed by atoms with Crippen molar-refractivity contribution in [3.63, 3.8) is 0 Å². The van der Waals surface area contributed by atoms with Gasteiger partial charge in [-0.2, -0.15) is 0 Å². The van der Waals surface area contributed by atoms with Crippen LogP contribution in [0.15, 0.2) is 0 Å². The van der Waals surface area contributed by atoms with Crippen molar-refractivity contribution in [3.8, 4) is 0 Å². The van der Waals surface area contributed by atoms with Crippen molar-refractivity contribution < 1.29 is 0 Å². The molecule has 1 aliphatic heterocycles. The third-order valence-corrected chi connectivity index (χ3v) is 5.04. The SMILES string of the molecule is [CH2]CCC1(C)CCSS1. The fourth-order valence-electron chi connectivity index (χ4n) is 1.02. The first-order valence-corrected chi connectivity index (χ1v) is 5.69. The van der Waals surface area contributed by atoms with Crippen molar-refractivity contribution in [1.29, 1.82) is 0 Å². The first-order chi connectivity index (χ1) is 4.27. The van der Waals surface area contributed by atoms with Crippen LogP contribution in [0.1, 0.15) is 26.2 Å². The molecule has 0 amide bonds. The van der Waals surface area contributed by atoms with Gasteiger partial charge in [0, 0.05) is 10.5 Å². The molecule has 0 nitrogen and oxygen atoms in total. The summed E-state index contributed by atoms with van der Waals surface area (Å²) in [5, 5.41) is 0. The fourth-order valence-corrected chi connectivity index (χ4v) is 4.32. The maximum absolute atomic E-state index is 3.87. The smallest absolute Gasteiger partial charge is 0.0243 e. The van der Waals surface area contributed by atoms with Gasteiger partial charge in [-0.1, -0.05) is 34.9 Å². The van der Waals surface area contributed by atoms with Crippen LogP contribution < -0.4 is 0 Å². The summed E-state index contributed by atoms with van der Waals surface area (Å²) in [5.41, 5.74) is 0. The molecule has 1 atom stereocenters. The second kappa shape index (κ2) is 3.20. The predicted molar refractivity (Wildman–Crippen MR) is 47.7 cm³/mol. The van der Waals surface area contributed by atoms with Crippen LogP contribution in [-0.4, -0.2) is 10.5 Å². The highest BCUT2D eigenvalue weighted by Gasteiger charge is 2.28. The van der Waals surface area contributed by atoms with Crippen molar-refractivity contribution in [2.24, 2.45) is 0 Å². The molecule has 1 heterocycles. The van der Waals surface area contributed by atoms with Gasteiger partial charge in [-0.15, -0.1) is 0 Å². The summed E-state index contributed by atoms with van der Waals surface area (Å²) >= 11 is 0. The van der Waals surface area contributed by atoms with Gasteiger partial charge in [0.25, 0.3) is 0 Å². The Morgan fingerprint density at radius 1 is 1.67 bits per heavy atom. The Bertz CT molecular complexity index is 84.9. The molecule has 2 heteroatoms. The number of hydrogen-bond donors (Lipinski definition) is 0. The van der Waals surface area contributed by atoms with E-state index in [1.165, 1.54) is 18.6 Å². The summed E-state index contributed by atoms with van der Waals surface area (Å²) in [7, 11) is 4.06. The summed E-state index contributed by atoms with van der Waals surface area (Å²) in [6.45, 7) is 6.22. The molecular weight excluding hydrogens is 148 g/mol. The zero-order valence-electron chi connectivity index (χ0n) is 5.85. The van der Waals surface area contributed by atoms with Crippen LogP contribution in [0.5, 0.6) is 0 Å². The third-order valence-electron chi connectivity index (χ3n) is 1.68. The van der Waals surface area contributed by atoms with Crippen molar-refractivity contribution in [2.45, 2.75) is 30.9 Å². The van der Waals surface area contributed by atoms with Gasteiger partial charge in [0.05, 0.1) is 0 Å². The second-order valence-electron chi connectivity index (χ2n) is 2.71. The van der Waals surface area contributed by atoms with Crippen LogP contribution in [0.25, 0.3) is 0 Å². The van der Waals surface area contributed by atoms with E-state index in [0.717, 1.165) is 6.42 Å². The first-order valence-electron chi connectivity index (χ1n) is 3.37. The molecule has 1 unspecified atom stereocenters. The Balaban J connectivity index is 2.32. The normalized spacial score (nSPS) is 35.3. The Hall–Kier alpha value is 0.700. The average molecular weight is 161 g/mol. The van der Waals surface area contributed by atoms with Crippen LogP contribution >= 0.6 is 21.6 Å². The van der Waals surface area contributed by atoms with Crippen LogP contribution in [-0.2, 0) is 0 Å². The lowest BCUT2D eigenvalue weighted by atomic mass is 10.0. The lowest BCUT2D eigenvalue weighted by Gasteiger charge is -2.19. The van der Waals surface area contributed by atoms with E-state index in [-0.39, 0.29) is 0 Å². The third kappa shape index (κ3) is 2.08. The van der Waals surface area contributed by atoms with E-state index < -0.39 is 0 Å². The molecule has 53 valence electrons. The second-order valence-corrected chi connectivity index (χ2v) is 5.71. The molecule has 9 heavy (non-hydrogen) atoms. The summed E-state index contributed by atoms with van der Waals surface area (Å²) in [4.78, 5) is 0. The molecule has 0 aromatic heterocycles. The Labute approximate surface area is 65.6 Å². The number of hydrogen-bond acceptors (Lipinski definition) is 2. The van der Waals surface area contributed by atoms with E-state index in [1.54, 1.807) is 0 Å². The summed E-state index contributed by atoms with van der Waals surface area (Å²) in [5.74, 6) is 1.33. The van der Waals surface area contributed by atoms with E-state index in [9.17, 15) is 0 Å². The van der Waals surface area contributed by atoms with Crippen molar-refractivity contribution in [2.75, 3.05) is 5.75 Å². The molecule has 0 aromatic rings. The molecule has 1 rings (SSSR count). The Morgan fingerprint density at radius 3 is 2.89 bits per heavy atom. The Morgan fingerprint density at radius 2 is 2.44 bits per heavy atom. The molecule has 0 aliphatic carbocycles. The topological polar surface area (TPSA) is 0 Å². The summed E-state index contributed by atoms with van der Waals surface area (Å²) in [6, 6.07) is 0. The van der Waals surface area contributed by atoms with Gasteiger partial charge >= 0.3 is 0 Å². The van der Waals surface area contributed by atoms with E-state index >= 15 is 0 Å². The highest BCUT2D eigenvalue weighted by Crippen LogP contribution is 2.48. The monoisotopic (exact) mass is 161 g/mol. The van der Waals surface area contributed by atoms with E-state index in [0.29, 0.717) is 4.75 Å². The van der Waals surface area contributed by atoms with Gasteiger partial charge < -0.3 is 0 Å². The minimum atomic E-state index is 0.562. The minimum absolute atomic E-state index is 0.562. The molecule has 0 spiro atoms. The molecule has 0 N–H and O–H groups in total. The van der Waals surface area contributed by atoms with Crippen LogP contribution in [0.2, 0.25) is 0 Å². The molecule has 0 aromatic carbocycles. The van der Waals surface area contributed by atoms with Crippen molar-refractivity contribution >= 4 is 21.6 Å².